The Morgan fingerprint density at radius 1 is 1.00 bits per heavy atom. The van der Waals surface area contributed by atoms with Crippen LogP contribution in [-0.4, -0.2) is 31.5 Å². The molecule has 7 nitrogen and oxygen atoms in total. The van der Waals surface area contributed by atoms with Crippen molar-refractivity contribution in [3.05, 3.63) is 77.4 Å². The van der Waals surface area contributed by atoms with Gasteiger partial charge < -0.3 is 5.32 Å². The van der Waals surface area contributed by atoms with E-state index in [1.54, 1.807) is 12.1 Å². The Morgan fingerprint density at radius 2 is 1.76 bits per heavy atom. The number of carbonyl (C=O) groups is 1. The molecular formula is C25H18F6N6O. The molecule has 1 fully saturated rings. The van der Waals surface area contributed by atoms with E-state index in [0.717, 1.165) is 19.1 Å². The van der Waals surface area contributed by atoms with Gasteiger partial charge in [-0.05, 0) is 59.2 Å². The number of tetrazole rings is 1. The zero-order valence-electron chi connectivity index (χ0n) is 19.6. The predicted octanol–water partition coefficient (Wildman–Crippen LogP) is 5.87. The largest absolute Gasteiger partial charge is 0.416 e. The topological polar surface area (TPSA) is 96.5 Å². The minimum absolute atomic E-state index is 0.113. The van der Waals surface area contributed by atoms with Crippen LogP contribution in [0.4, 0.5) is 32.0 Å². The molecule has 2 aromatic carbocycles. The van der Waals surface area contributed by atoms with Crippen LogP contribution in [0.3, 0.4) is 0 Å². The SMILES string of the molecule is CC(F)(F)c1ccc(-c2ccc(NC(=O)C3(c4ccc(C(F)(F)F)cc4F)CC3)cc2-c2nnn[nH]2)cn1. The number of rotatable bonds is 6. The number of aromatic nitrogens is 5. The van der Waals surface area contributed by atoms with E-state index in [2.05, 4.69) is 30.9 Å². The van der Waals surface area contributed by atoms with E-state index in [9.17, 15) is 31.1 Å². The first kappa shape index (κ1) is 25.4. The van der Waals surface area contributed by atoms with Crippen LogP contribution in [-0.2, 0) is 22.3 Å². The van der Waals surface area contributed by atoms with E-state index in [1.165, 1.54) is 24.4 Å². The molecule has 0 radical (unpaired) electrons. The molecule has 2 heterocycles. The van der Waals surface area contributed by atoms with E-state index in [0.29, 0.717) is 22.8 Å². The first-order valence-electron chi connectivity index (χ1n) is 11.3. The monoisotopic (exact) mass is 532 g/mol. The molecule has 1 saturated carbocycles. The van der Waals surface area contributed by atoms with E-state index >= 15 is 0 Å². The van der Waals surface area contributed by atoms with Crippen LogP contribution in [0, 0.1) is 5.82 Å². The van der Waals surface area contributed by atoms with Crippen LogP contribution in [0.1, 0.15) is 36.6 Å². The Hall–Kier alpha value is -4.29. The summed E-state index contributed by atoms with van der Waals surface area (Å²) in [7, 11) is 0. The van der Waals surface area contributed by atoms with Gasteiger partial charge in [0.1, 0.15) is 11.5 Å². The van der Waals surface area contributed by atoms with Crippen LogP contribution in [0.5, 0.6) is 0 Å². The number of carbonyl (C=O) groups excluding carboxylic acids is 1. The first-order chi connectivity index (χ1) is 17.9. The van der Waals surface area contributed by atoms with Gasteiger partial charge in [-0.25, -0.2) is 9.49 Å². The summed E-state index contributed by atoms with van der Waals surface area (Å²) in [6.45, 7) is 0.737. The molecule has 1 aliphatic carbocycles. The summed E-state index contributed by atoms with van der Waals surface area (Å²) in [5.74, 6) is -4.59. The van der Waals surface area contributed by atoms with Crippen molar-refractivity contribution in [2.24, 2.45) is 0 Å². The number of alkyl halides is 5. The number of benzene rings is 2. The highest BCUT2D eigenvalue weighted by Gasteiger charge is 2.53. The van der Waals surface area contributed by atoms with Crippen LogP contribution in [0.2, 0.25) is 0 Å². The Kier molecular flexibility index (Phi) is 5.96. The number of aromatic amines is 1. The summed E-state index contributed by atoms with van der Waals surface area (Å²) in [5.41, 5.74) is -1.25. The molecule has 38 heavy (non-hydrogen) atoms. The number of halogens is 6. The highest BCUT2D eigenvalue weighted by Crippen LogP contribution is 2.50. The Bertz CT molecular complexity index is 1490. The van der Waals surface area contributed by atoms with Crippen LogP contribution in [0.15, 0.2) is 54.7 Å². The summed E-state index contributed by atoms with van der Waals surface area (Å²) in [4.78, 5) is 17.0. The van der Waals surface area contributed by atoms with E-state index in [4.69, 9.17) is 0 Å². The summed E-state index contributed by atoms with van der Waals surface area (Å²) in [6, 6.07) is 9.49. The van der Waals surface area contributed by atoms with E-state index in [1.807, 2.05) is 0 Å². The maximum Gasteiger partial charge on any atom is 0.416 e. The molecule has 13 heteroatoms. The lowest BCUT2D eigenvalue weighted by Crippen LogP contribution is -2.29. The van der Waals surface area contributed by atoms with Crippen molar-refractivity contribution in [1.82, 2.24) is 25.6 Å². The molecule has 0 bridgehead atoms. The van der Waals surface area contributed by atoms with Crippen molar-refractivity contribution in [2.75, 3.05) is 5.32 Å². The first-order valence-corrected chi connectivity index (χ1v) is 11.3. The van der Waals surface area contributed by atoms with Crippen molar-refractivity contribution < 1.29 is 31.1 Å². The number of hydrogen-bond donors (Lipinski definition) is 2. The van der Waals surface area contributed by atoms with Crippen LogP contribution >= 0.6 is 0 Å². The van der Waals surface area contributed by atoms with Crippen molar-refractivity contribution in [3.63, 3.8) is 0 Å². The van der Waals surface area contributed by atoms with Gasteiger partial charge in [0.15, 0.2) is 5.82 Å². The van der Waals surface area contributed by atoms with Crippen molar-refractivity contribution in [2.45, 2.75) is 37.3 Å². The molecule has 1 aliphatic rings. The average Bonchev–Trinajstić information content (AvgIpc) is 3.48. The van der Waals surface area contributed by atoms with E-state index < -0.39 is 40.5 Å². The second-order valence-electron chi connectivity index (χ2n) is 9.06. The molecule has 2 aromatic heterocycles. The summed E-state index contributed by atoms with van der Waals surface area (Å²) in [6.07, 6.45) is -2.91. The number of nitrogens with one attached hydrogen (secondary N) is 2. The third-order valence-corrected chi connectivity index (χ3v) is 6.40. The maximum atomic E-state index is 14.6. The Morgan fingerprint density at radius 3 is 2.32 bits per heavy atom. The lowest BCUT2D eigenvalue weighted by Gasteiger charge is -2.18. The molecule has 0 saturated heterocycles. The van der Waals surface area contributed by atoms with E-state index in [-0.39, 0.29) is 29.9 Å². The summed E-state index contributed by atoms with van der Waals surface area (Å²) in [5, 5.41) is 16.3. The third-order valence-electron chi connectivity index (χ3n) is 6.40. The standard InChI is InChI=1S/C25H18F6N6O/c1-23(27,28)20-7-2-13(12-32-20)16-5-4-15(11-17(16)21-34-36-37-35-21)33-22(38)24(8-9-24)18-6-3-14(10-19(18)26)25(29,30)31/h2-7,10-12H,8-9H2,1H3,(H,33,38)(H,34,35,36,37). The van der Waals surface area contributed by atoms with Gasteiger partial charge in [0.25, 0.3) is 5.92 Å². The third kappa shape index (κ3) is 4.71. The maximum absolute atomic E-state index is 14.6. The van der Waals surface area contributed by atoms with Gasteiger partial charge in [-0.3, -0.25) is 9.78 Å². The van der Waals surface area contributed by atoms with Crippen molar-refractivity contribution in [3.8, 4) is 22.5 Å². The molecule has 0 spiro atoms. The number of amides is 1. The fraction of sp³-hybridized carbons (Fsp3) is 0.240. The van der Waals surface area contributed by atoms with Crippen molar-refractivity contribution >= 4 is 11.6 Å². The molecule has 0 unspecified atom stereocenters. The number of H-pyrrole nitrogens is 1. The molecule has 5 rings (SSSR count). The minimum atomic E-state index is -4.71. The normalized spacial score (nSPS) is 14.8. The number of hydrogen-bond acceptors (Lipinski definition) is 5. The van der Waals surface area contributed by atoms with Gasteiger partial charge in [0.05, 0.1) is 11.0 Å². The van der Waals surface area contributed by atoms with Crippen molar-refractivity contribution in [1.29, 1.82) is 0 Å². The zero-order valence-corrected chi connectivity index (χ0v) is 19.6. The van der Waals surface area contributed by atoms with Crippen LogP contribution < -0.4 is 5.32 Å². The van der Waals surface area contributed by atoms with Gasteiger partial charge in [-0.15, -0.1) is 5.10 Å². The quantitative estimate of drug-likeness (QED) is 0.303. The van der Waals surface area contributed by atoms with Crippen LogP contribution in [0.25, 0.3) is 22.5 Å². The average molecular weight is 532 g/mol. The zero-order chi connectivity index (χ0) is 27.3. The molecule has 1 amide bonds. The second-order valence-corrected chi connectivity index (χ2v) is 9.06. The molecule has 196 valence electrons. The predicted molar refractivity (Wildman–Crippen MR) is 123 cm³/mol. The minimum Gasteiger partial charge on any atom is -0.325 e. The number of nitrogens with zero attached hydrogens (tertiary/aromatic N) is 4. The van der Waals surface area contributed by atoms with Gasteiger partial charge in [-0.2, -0.15) is 22.0 Å². The van der Waals surface area contributed by atoms with Gasteiger partial charge in [0, 0.05) is 35.5 Å². The molecule has 2 N–H and O–H groups in total. The van der Waals surface area contributed by atoms with Gasteiger partial charge >= 0.3 is 6.18 Å². The fourth-order valence-electron chi connectivity index (χ4n) is 4.23. The number of pyridine rings is 1. The number of anilines is 1. The lowest BCUT2D eigenvalue weighted by atomic mass is 9.92. The lowest BCUT2D eigenvalue weighted by molar-refractivity contribution is -0.137. The molecule has 4 aromatic rings. The summed E-state index contributed by atoms with van der Waals surface area (Å²) < 4.78 is 80.6. The highest BCUT2D eigenvalue weighted by atomic mass is 19.4. The Labute approximate surface area is 211 Å². The van der Waals surface area contributed by atoms with Gasteiger partial charge in [-0.1, -0.05) is 18.2 Å². The highest BCUT2D eigenvalue weighted by molar-refractivity contribution is 6.02. The summed E-state index contributed by atoms with van der Waals surface area (Å²) >= 11 is 0. The smallest absolute Gasteiger partial charge is 0.325 e. The van der Waals surface area contributed by atoms with Gasteiger partial charge in [0.2, 0.25) is 5.91 Å². The Balaban J connectivity index is 1.45. The molecule has 0 aliphatic heterocycles. The molecular weight excluding hydrogens is 514 g/mol. The fourth-order valence-corrected chi connectivity index (χ4v) is 4.23. The molecule has 0 atom stereocenters. The second kappa shape index (κ2) is 8.92.